The van der Waals surface area contributed by atoms with Crippen LogP contribution in [0.1, 0.15) is 37.7 Å². The zero-order valence-corrected chi connectivity index (χ0v) is 15.6. The van der Waals surface area contributed by atoms with Crippen LogP contribution in [0, 0.1) is 5.41 Å². The van der Waals surface area contributed by atoms with E-state index in [0.29, 0.717) is 16.6 Å². The summed E-state index contributed by atoms with van der Waals surface area (Å²) in [7, 11) is 1.63. The standard InChI is InChI=1S/C18H20Cl2N2O3/c1-21(10-12-6-13(19)8-14(20)7-12)16(24)11-22-15(23)9-18(17(22)25)4-2-3-5-18/h6-8H,2-5,9-11H2,1H3. The number of nitrogens with zero attached hydrogens (tertiary/aromatic N) is 2. The van der Waals surface area contributed by atoms with Gasteiger partial charge in [-0.25, -0.2) is 0 Å². The fourth-order valence-corrected chi connectivity index (χ4v) is 4.35. The second-order valence-electron chi connectivity index (χ2n) is 6.98. The Kier molecular flexibility index (Phi) is 5.07. The number of rotatable bonds is 4. The van der Waals surface area contributed by atoms with E-state index in [1.165, 1.54) is 4.90 Å². The van der Waals surface area contributed by atoms with Crippen molar-refractivity contribution in [1.82, 2.24) is 9.80 Å². The van der Waals surface area contributed by atoms with Crippen molar-refractivity contribution < 1.29 is 14.4 Å². The molecule has 0 unspecified atom stereocenters. The van der Waals surface area contributed by atoms with Gasteiger partial charge in [-0.15, -0.1) is 0 Å². The van der Waals surface area contributed by atoms with Crippen molar-refractivity contribution in [1.29, 1.82) is 0 Å². The van der Waals surface area contributed by atoms with Crippen molar-refractivity contribution in [3.05, 3.63) is 33.8 Å². The van der Waals surface area contributed by atoms with Crippen molar-refractivity contribution in [2.45, 2.75) is 38.6 Å². The molecule has 3 amide bonds. The Morgan fingerprint density at radius 2 is 1.76 bits per heavy atom. The molecule has 2 fully saturated rings. The van der Waals surface area contributed by atoms with Gasteiger partial charge in [0.15, 0.2) is 0 Å². The summed E-state index contributed by atoms with van der Waals surface area (Å²) in [5.74, 6) is -0.699. The van der Waals surface area contributed by atoms with Crippen molar-refractivity contribution >= 4 is 40.9 Å². The number of likely N-dealkylation sites (tertiary alicyclic amines) is 1. The highest BCUT2D eigenvalue weighted by molar-refractivity contribution is 6.34. The number of hydrogen-bond acceptors (Lipinski definition) is 3. The van der Waals surface area contributed by atoms with Crippen LogP contribution in [0.5, 0.6) is 0 Å². The molecule has 1 heterocycles. The van der Waals surface area contributed by atoms with Crippen LogP contribution in [0.2, 0.25) is 10.0 Å². The number of hydrogen-bond donors (Lipinski definition) is 0. The Bertz CT molecular complexity index is 709. The van der Waals surface area contributed by atoms with Crippen LogP contribution in [-0.2, 0) is 20.9 Å². The molecule has 25 heavy (non-hydrogen) atoms. The number of imide groups is 1. The number of carbonyl (C=O) groups is 3. The molecular formula is C18H20Cl2N2O3. The van der Waals surface area contributed by atoms with Crippen molar-refractivity contribution in [2.24, 2.45) is 5.41 Å². The molecule has 1 spiro atoms. The average Bonchev–Trinajstić information content (AvgIpc) is 3.07. The summed E-state index contributed by atoms with van der Waals surface area (Å²) in [6, 6.07) is 5.09. The molecule has 1 saturated carbocycles. The molecule has 1 aliphatic heterocycles. The minimum atomic E-state index is -0.545. The summed E-state index contributed by atoms with van der Waals surface area (Å²) < 4.78 is 0. The van der Waals surface area contributed by atoms with E-state index in [9.17, 15) is 14.4 Å². The predicted octanol–water partition coefficient (Wildman–Crippen LogP) is 3.27. The summed E-state index contributed by atoms with van der Waals surface area (Å²) in [5.41, 5.74) is 0.246. The fraction of sp³-hybridized carbons (Fsp3) is 0.500. The smallest absolute Gasteiger partial charge is 0.242 e. The molecule has 3 rings (SSSR count). The molecule has 1 aliphatic carbocycles. The van der Waals surface area contributed by atoms with Gasteiger partial charge in [0, 0.05) is 30.1 Å². The van der Waals surface area contributed by atoms with Crippen LogP contribution in [-0.4, -0.2) is 41.1 Å². The van der Waals surface area contributed by atoms with Crippen molar-refractivity contribution in [2.75, 3.05) is 13.6 Å². The molecule has 0 N–H and O–H groups in total. The first kappa shape index (κ1) is 18.2. The summed E-state index contributed by atoms with van der Waals surface area (Å²) in [4.78, 5) is 40.0. The number of halogens is 2. The van der Waals surface area contributed by atoms with Crippen LogP contribution in [0.15, 0.2) is 18.2 Å². The average molecular weight is 383 g/mol. The number of carbonyl (C=O) groups excluding carboxylic acids is 3. The Morgan fingerprint density at radius 1 is 1.16 bits per heavy atom. The zero-order valence-electron chi connectivity index (χ0n) is 14.1. The SMILES string of the molecule is CN(Cc1cc(Cl)cc(Cl)c1)C(=O)CN1C(=O)CC2(CCCC2)C1=O. The van der Waals surface area contributed by atoms with E-state index in [2.05, 4.69) is 0 Å². The summed E-state index contributed by atoms with van der Waals surface area (Å²) in [6.07, 6.45) is 3.68. The first-order valence-electron chi connectivity index (χ1n) is 8.34. The van der Waals surface area contributed by atoms with Crippen molar-refractivity contribution in [3.63, 3.8) is 0 Å². The molecule has 1 aromatic rings. The second-order valence-corrected chi connectivity index (χ2v) is 7.85. The minimum absolute atomic E-state index is 0.178. The first-order valence-corrected chi connectivity index (χ1v) is 9.10. The molecule has 0 aromatic heterocycles. The molecule has 0 atom stereocenters. The Hall–Kier alpha value is -1.59. The highest BCUT2D eigenvalue weighted by Crippen LogP contribution is 2.46. The summed E-state index contributed by atoms with van der Waals surface area (Å²) >= 11 is 11.9. The van der Waals surface area contributed by atoms with Crippen molar-refractivity contribution in [3.8, 4) is 0 Å². The van der Waals surface area contributed by atoms with Gasteiger partial charge < -0.3 is 4.90 Å². The summed E-state index contributed by atoms with van der Waals surface area (Å²) in [5, 5.41) is 0.993. The lowest BCUT2D eigenvalue weighted by Gasteiger charge is -2.23. The van der Waals surface area contributed by atoms with Gasteiger partial charge in [-0.2, -0.15) is 0 Å². The lowest BCUT2D eigenvalue weighted by atomic mass is 9.84. The molecule has 1 saturated heterocycles. The molecule has 134 valence electrons. The molecule has 1 aromatic carbocycles. The molecule has 2 aliphatic rings. The lowest BCUT2D eigenvalue weighted by Crippen LogP contribution is -2.42. The second kappa shape index (κ2) is 6.96. The molecule has 0 bridgehead atoms. The third-order valence-electron chi connectivity index (χ3n) is 5.11. The van der Waals surface area contributed by atoms with Crippen LogP contribution in [0.25, 0.3) is 0 Å². The van der Waals surface area contributed by atoms with Gasteiger partial charge in [0.1, 0.15) is 6.54 Å². The van der Waals surface area contributed by atoms with Gasteiger partial charge in [-0.1, -0.05) is 36.0 Å². The van der Waals surface area contributed by atoms with E-state index in [1.807, 2.05) is 0 Å². The Labute approximate surface area is 156 Å². The fourth-order valence-electron chi connectivity index (χ4n) is 3.78. The normalized spacial score (nSPS) is 19.1. The highest BCUT2D eigenvalue weighted by Gasteiger charge is 2.52. The zero-order chi connectivity index (χ0) is 18.2. The van der Waals surface area contributed by atoms with Gasteiger partial charge >= 0.3 is 0 Å². The summed E-state index contributed by atoms with van der Waals surface area (Å²) in [6.45, 7) is 0.102. The van der Waals surface area contributed by atoms with E-state index < -0.39 is 5.41 Å². The van der Waals surface area contributed by atoms with Gasteiger partial charge in [-0.05, 0) is 36.6 Å². The van der Waals surface area contributed by atoms with Gasteiger partial charge in [-0.3, -0.25) is 19.3 Å². The van der Waals surface area contributed by atoms with Crippen LogP contribution in [0.3, 0.4) is 0 Å². The van der Waals surface area contributed by atoms with Crippen LogP contribution >= 0.6 is 23.2 Å². The maximum Gasteiger partial charge on any atom is 0.242 e. The lowest BCUT2D eigenvalue weighted by molar-refractivity contribution is -0.147. The molecular weight excluding hydrogens is 363 g/mol. The monoisotopic (exact) mass is 382 g/mol. The largest absolute Gasteiger partial charge is 0.340 e. The van der Waals surface area contributed by atoms with Crippen LogP contribution < -0.4 is 0 Å². The van der Waals surface area contributed by atoms with E-state index in [0.717, 1.165) is 36.1 Å². The van der Waals surface area contributed by atoms with E-state index >= 15 is 0 Å². The van der Waals surface area contributed by atoms with E-state index in [1.54, 1.807) is 25.2 Å². The molecule has 5 nitrogen and oxygen atoms in total. The Morgan fingerprint density at radius 3 is 2.36 bits per heavy atom. The van der Waals surface area contributed by atoms with Gasteiger partial charge in [0.25, 0.3) is 0 Å². The van der Waals surface area contributed by atoms with E-state index in [4.69, 9.17) is 23.2 Å². The highest BCUT2D eigenvalue weighted by atomic mass is 35.5. The third-order valence-corrected chi connectivity index (χ3v) is 5.55. The maximum absolute atomic E-state index is 12.6. The number of benzene rings is 1. The maximum atomic E-state index is 12.6. The molecule has 0 radical (unpaired) electrons. The number of amides is 3. The molecule has 7 heteroatoms. The Balaban J connectivity index is 1.65. The topological polar surface area (TPSA) is 57.7 Å². The quantitative estimate of drug-likeness (QED) is 0.750. The minimum Gasteiger partial charge on any atom is -0.340 e. The third kappa shape index (κ3) is 3.67. The van der Waals surface area contributed by atoms with E-state index in [-0.39, 0.29) is 30.7 Å². The predicted molar refractivity (Wildman–Crippen MR) is 95.2 cm³/mol. The van der Waals surface area contributed by atoms with Gasteiger partial charge in [0.2, 0.25) is 17.7 Å². The van der Waals surface area contributed by atoms with Gasteiger partial charge in [0.05, 0.1) is 5.41 Å². The van der Waals surface area contributed by atoms with Crippen LogP contribution in [0.4, 0.5) is 0 Å². The number of likely N-dealkylation sites (N-methyl/N-ethyl adjacent to an activating group) is 1. The first-order chi connectivity index (χ1) is 11.8.